The monoisotopic (exact) mass is 209 g/mol. The van der Waals surface area contributed by atoms with Gasteiger partial charge in [-0.1, -0.05) is 11.6 Å². The molecule has 1 unspecified atom stereocenters. The van der Waals surface area contributed by atoms with E-state index in [0.29, 0.717) is 10.9 Å². The van der Waals surface area contributed by atoms with Gasteiger partial charge in [0.15, 0.2) is 0 Å². The largest absolute Gasteiger partial charge is 0.303 e. The highest BCUT2D eigenvalue weighted by Crippen LogP contribution is 2.42. The lowest BCUT2D eigenvalue weighted by molar-refractivity contribution is -0.109. The van der Waals surface area contributed by atoms with E-state index in [-0.39, 0.29) is 5.92 Å². The molecule has 1 aliphatic rings. The highest BCUT2D eigenvalue weighted by atomic mass is 35.5. The summed E-state index contributed by atoms with van der Waals surface area (Å²) >= 11 is 5.98. The van der Waals surface area contributed by atoms with Crippen molar-refractivity contribution in [1.29, 1.82) is 0 Å². The third-order valence-electron chi connectivity index (χ3n) is 2.77. The quantitative estimate of drug-likeness (QED) is 0.717. The average molecular weight is 210 g/mol. The van der Waals surface area contributed by atoms with Gasteiger partial charge in [0.1, 0.15) is 6.29 Å². The van der Waals surface area contributed by atoms with E-state index in [1.54, 1.807) is 12.3 Å². The number of hydrogen-bond acceptors (Lipinski definition) is 2. The van der Waals surface area contributed by atoms with Crippen molar-refractivity contribution in [3.63, 3.8) is 0 Å². The van der Waals surface area contributed by atoms with Crippen LogP contribution >= 0.6 is 11.6 Å². The first-order valence-corrected chi connectivity index (χ1v) is 5.18. The van der Waals surface area contributed by atoms with E-state index >= 15 is 0 Å². The molecule has 0 aliphatic heterocycles. The lowest BCUT2D eigenvalue weighted by Gasteiger charge is -2.11. The van der Waals surface area contributed by atoms with Crippen LogP contribution < -0.4 is 0 Å². The molecule has 0 N–H and O–H groups in total. The Bertz CT molecular complexity index is 360. The van der Waals surface area contributed by atoms with E-state index in [4.69, 9.17) is 11.6 Å². The van der Waals surface area contributed by atoms with Crippen LogP contribution in [0.3, 0.4) is 0 Å². The first-order valence-electron chi connectivity index (χ1n) is 4.80. The second kappa shape index (κ2) is 3.70. The van der Waals surface area contributed by atoms with Crippen LogP contribution in [0, 0.1) is 12.8 Å². The third kappa shape index (κ3) is 1.67. The summed E-state index contributed by atoms with van der Waals surface area (Å²) in [6.45, 7) is 1.92. The van der Waals surface area contributed by atoms with E-state index in [0.717, 1.165) is 30.4 Å². The number of rotatable bonds is 3. The molecule has 0 bridgehead atoms. The first-order chi connectivity index (χ1) is 6.74. The summed E-state index contributed by atoms with van der Waals surface area (Å²) in [5, 5.41) is 0.697. The summed E-state index contributed by atoms with van der Waals surface area (Å²) in [4.78, 5) is 15.2. The van der Waals surface area contributed by atoms with E-state index < -0.39 is 0 Å². The lowest BCUT2D eigenvalue weighted by Crippen LogP contribution is -2.07. The zero-order valence-electron chi connectivity index (χ0n) is 8.03. The number of carbonyl (C=O) groups is 1. The Kier molecular flexibility index (Phi) is 2.55. The summed E-state index contributed by atoms with van der Waals surface area (Å²) < 4.78 is 0. The number of halogens is 1. The fraction of sp³-hybridized carbons (Fsp3) is 0.455. The molecule has 14 heavy (non-hydrogen) atoms. The molecule has 0 spiro atoms. The van der Waals surface area contributed by atoms with Crippen molar-refractivity contribution in [3.05, 3.63) is 28.5 Å². The third-order valence-corrected chi connectivity index (χ3v) is 3.18. The predicted molar refractivity (Wildman–Crippen MR) is 55.5 cm³/mol. The second-order valence-electron chi connectivity index (χ2n) is 3.80. The Morgan fingerprint density at radius 3 is 2.93 bits per heavy atom. The van der Waals surface area contributed by atoms with Gasteiger partial charge in [0, 0.05) is 11.2 Å². The molecule has 1 heterocycles. The molecule has 0 amide bonds. The van der Waals surface area contributed by atoms with Crippen LogP contribution in [0.15, 0.2) is 12.3 Å². The minimum absolute atomic E-state index is 0.0475. The van der Waals surface area contributed by atoms with Gasteiger partial charge in [-0.25, -0.2) is 0 Å². The highest BCUT2D eigenvalue weighted by molar-refractivity contribution is 6.31. The topological polar surface area (TPSA) is 30.0 Å². The van der Waals surface area contributed by atoms with Crippen molar-refractivity contribution in [2.45, 2.75) is 25.7 Å². The molecule has 74 valence electrons. The molecule has 1 saturated carbocycles. The summed E-state index contributed by atoms with van der Waals surface area (Å²) in [5.41, 5.74) is 1.80. The summed E-state index contributed by atoms with van der Waals surface area (Å²) in [6.07, 6.45) is 4.95. The fourth-order valence-electron chi connectivity index (χ4n) is 1.72. The maximum Gasteiger partial charge on any atom is 0.129 e. The smallest absolute Gasteiger partial charge is 0.129 e. The van der Waals surface area contributed by atoms with Gasteiger partial charge in [-0.15, -0.1) is 0 Å². The van der Waals surface area contributed by atoms with Gasteiger partial charge < -0.3 is 4.79 Å². The highest BCUT2D eigenvalue weighted by Gasteiger charge is 2.33. The Balaban J connectivity index is 2.37. The minimum Gasteiger partial charge on any atom is -0.303 e. The first kappa shape index (κ1) is 9.66. The van der Waals surface area contributed by atoms with Crippen LogP contribution in [0.5, 0.6) is 0 Å². The number of aldehydes is 1. The second-order valence-corrected chi connectivity index (χ2v) is 4.21. The summed E-state index contributed by atoms with van der Waals surface area (Å²) in [6, 6.07) is 1.76. The van der Waals surface area contributed by atoms with E-state index in [1.807, 2.05) is 6.92 Å². The molecule has 1 aromatic heterocycles. The fourth-order valence-corrected chi connectivity index (χ4v) is 1.87. The van der Waals surface area contributed by atoms with Crippen molar-refractivity contribution in [2.24, 2.45) is 5.92 Å². The van der Waals surface area contributed by atoms with Crippen LogP contribution in [0.4, 0.5) is 0 Å². The molecule has 2 rings (SSSR count). The Labute approximate surface area is 88.3 Å². The maximum absolute atomic E-state index is 11.0. The number of aromatic nitrogens is 1. The normalized spacial score (nSPS) is 17.9. The zero-order valence-corrected chi connectivity index (χ0v) is 8.79. The SMILES string of the molecule is Cc1c(Cl)ccnc1C(C=O)C1CC1. The Morgan fingerprint density at radius 1 is 1.64 bits per heavy atom. The van der Waals surface area contributed by atoms with Gasteiger partial charge in [-0.05, 0) is 37.3 Å². The van der Waals surface area contributed by atoms with Crippen LogP contribution in [0.25, 0.3) is 0 Å². The Morgan fingerprint density at radius 2 is 2.36 bits per heavy atom. The summed E-state index contributed by atoms with van der Waals surface area (Å²) in [5.74, 6) is 0.450. The standard InChI is InChI=1S/C11H12ClNO/c1-7-10(12)4-5-13-11(7)9(6-14)8-2-3-8/h4-6,8-9H,2-3H2,1H3. The number of nitrogens with zero attached hydrogens (tertiary/aromatic N) is 1. The van der Waals surface area contributed by atoms with Crippen molar-refractivity contribution < 1.29 is 4.79 Å². The molecule has 0 radical (unpaired) electrons. The molecule has 1 aliphatic carbocycles. The molecule has 1 fully saturated rings. The number of hydrogen-bond donors (Lipinski definition) is 0. The Hall–Kier alpha value is -0.890. The van der Waals surface area contributed by atoms with Crippen LogP contribution in [-0.4, -0.2) is 11.3 Å². The van der Waals surface area contributed by atoms with E-state index in [2.05, 4.69) is 4.98 Å². The van der Waals surface area contributed by atoms with Crippen molar-refractivity contribution in [1.82, 2.24) is 4.98 Å². The van der Waals surface area contributed by atoms with Crippen LogP contribution in [0.1, 0.15) is 30.0 Å². The lowest BCUT2D eigenvalue weighted by atomic mass is 9.97. The minimum atomic E-state index is -0.0475. The van der Waals surface area contributed by atoms with Crippen LogP contribution in [-0.2, 0) is 4.79 Å². The van der Waals surface area contributed by atoms with E-state index in [1.165, 1.54) is 0 Å². The predicted octanol–water partition coefficient (Wildman–Crippen LogP) is 2.74. The van der Waals surface area contributed by atoms with Gasteiger partial charge in [0.25, 0.3) is 0 Å². The zero-order chi connectivity index (χ0) is 10.1. The summed E-state index contributed by atoms with van der Waals surface area (Å²) in [7, 11) is 0. The maximum atomic E-state index is 11.0. The molecule has 1 atom stereocenters. The van der Waals surface area contributed by atoms with Crippen molar-refractivity contribution >= 4 is 17.9 Å². The average Bonchev–Trinajstić information content (AvgIpc) is 2.97. The molecule has 3 heteroatoms. The molecule has 0 aromatic carbocycles. The van der Waals surface area contributed by atoms with Gasteiger partial charge in [-0.2, -0.15) is 0 Å². The van der Waals surface area contributed by atoms with Gasteiger partial charge in [0.05, 0.1) is 11.6 Å². The van der Waals surface area contributed by atoms with Crippen molar-refractivity contribution in [3.8, 4) is 0 Å². The molecule has 2 nitrogen and oxygen atoms in total. The molecule has 1 aromatic rings. The molecule has 0 saturated heterocycles. The van der Waals surface area contributed by atoms with Crippen molar-refractivity contribution in [2.75, 3.05) is 0 Å². The molecular formula is C11H12ClNO. The molecular weight excluding hydrogens is 198 g/mol. The van der Waals surface area contributed by atoms with Crippen LogP contribution in [0.2, 0.25) is 5.02 Å². The van der Waals surface area contributed by atoms with Gasteiger partial charge in [0.2, 0.25) is 0 Å². The number of carbonyl (C=O) groups excluding carboxylic acids is 1. The van der Waals surface area contributed by atoms with Gasteiger partial charge in [-0.3, -0.25) is 4.98 Å². The number of pyridine rings is 1. The van der Waals surface area contributed by atoms with E-state index in [9.17, 15) is 4.79 Å². The van der Waals surface area contributed by atoms with Gasteiger partial charge >= 0.3 is 0 Å².